The monoisotopic (exact) mass is 653 g/mol. The molecule has 3 aliphatic carbocycles. The van der Waals surface area contributed by atoms with Crippen LogP contribution in [0.25, 0.3) is 33.4 Å². The maximum absolute atomic E-state index is 7.45. The molecule has 2 bridgehead atoms. The van der Waals surface area contributed by atoms with Crippen LogP contribution in [0.15, 0.2) is 157 Å². The molecule has 0 radical (unpaired) electrons. The number of hydrogen-bond donors (Lipinski definition) is 0. The van der Waals surface area contributed by atoms with E-state index in [4.69, 9.17) is 11.6 Å². The van der Waals surface area contributed by atoms with Crippen LogP contribution < -0.4 is 4.90 Å². The van der Waals surface area contributed by atoms with Gasteiger partial charge in [-0.15, -0.1) is 0 Å². The third-order valence-electron chi connectivity index (χ3n) is 11.6. The molecule has 6 aromatic carbocycles. The minimum Gasteiger partial charge on any atom is -0.309 e. The maximum Gasteiger partial charge on any atom is 0.0653 e. The summed E-state index contributed by atoms with van der Waals surface area (Å²) in [6.07, 6.45) is 6.47. The van der Waals surface area contributed by atoms with Gasteiger partial charge >= 0.3 is 0 Å². The Morgan fingerprint density at radius 2 is 1.12 bits per heavy atom. The second-order valence-corrected chi connectivity index (χ2v) is 14.9. The second-order valence-electron chi connectivity index (χ2n) is 14.5. The molecule has 1 nitrogen and oxygen atoms in total. The van der Waals surface area contributed by atoms with Gasteiger partial charge in [0.25, 0.3) is 0 Å². The first-order chi connectivity index (χ1) is 24.0. The van der Waals surface area contributed by atoms with E-state index in [0.29, 0.717) is 11.8 Å². The summed E-state index contributed by atoms with van der Waals surface area (Å²) >= 11 is 7.45. The summed E-state index contributed by atoms with van der Waals surface area (Å²) in [5.74, 6) is 1.96. The second kappa shape index (κ2) is 11.9. The van der Waals surface area contributed by atoms with Crippen molar-refractivity contribution in [1.29, 1.82) is 0 Å². The first-order valence-corrected chi connectivity index (χ1v) is 18.1. The van der Waals surface area contributed by atoms with Crippen molar-refractivity contribution in [3.63, 3.8) is 0 Å². The first-order valence-electron chi connectivity index (χ1n) is 17.7. The molecule has 2 heteroatoms. The highest BCUT2D eigenvalue weighted by atomic mass is 35.5. The lowest BCUT2D eigenvalue weighted by atomic mass is 9.55. The Morgan fingerprint density at radius 1 is 0.571 bits per heavy atom. The van der Waals surface area contributed by atoms with Gasteiger partial charge in [-0.05, 0) is 125 Å². The maximum atomic E-state index is 7.45. The predicted octanol–water partition coefficient (Wildman–Crippen LogP) is 13.4. The summed E-state index contributed by atoms with van der Waals surface area (Å²) in [4.78, 5) is 2.36. The number of halogens is 1. The smallest absolute Gasteiger partial charge is 0.0653 e. The molecule has 0 aromatic heterocycles. The zero-order valence-electron chi connectivity index (χ0n) is 28.1. The average molecular weight is 654 g/mol. The number of fused-ring (bicyclic) bond motifs is 8. The SMILES string of the molecule is CC1=CC2(c3ccccc3-c3cc(Cl)c(N(c4ccc(-c5ccccc5)cc4)c4ccc(-c5ccccc5)cc4)cc32)C2CC(C)CC1C2. The van der Waals surface area contributed by atoms with Crippen LogP contribution in [0, 0.1) is 17.8 Å². The summed E-state index contributed by atoms with van der Waals surface area (Å²) in [5.41, 5.74) is 14.9. The molecule has 9 rings (SSSR count). The van der Waals surface area contributed by atoms with Gasteiger partial charge in [-0.25, -0.2) is 0 Å². The van der Waals surface area contributed by atoms with Crippen molar-refractivity contribution in [3.05, 3.63) is 173 Å². The summed E-state index contributed by atoms with van der Waals surface area (Å²) in [5, 5.41) is 0.760. The van der Waals surface area contributed by atoms with Crippen molar-refractivity contribution < 1.29 is 0 Å². The number of nitrogens with zero attached hydrogens (tertiary/aromatic N) is 1. The number of rotatable bonds is 5. The Hall–Kier alpha value is -4.85. The van der Waals surface area contributed by atoms with Crippen molar-refractivity contribution in [3.8, 4) is 33.4 Å². The molecule has 1 saturated carbocycles. The van der Waals surface area contributed by atoms with Crippen LogP contribution in [0.3, 0.4) is 0 Å². The molecule has 0 saturated heterocycles. The van der Waals surface area contributed by atoms with Crippen molar-refractivity contribution >= 4 is 28.7 Å². The molecule has 240 valence electrons. The van der Waals surface area contributed by atoms with Crippen LogP contribution in [-0.4, -0.2) is 0 Å². The van der Waals surface area contributed by atoms with Crippen LogP contribution >= 0.6 is 11.6 Å². The van der Waals surface area contributed by atoms with E-state index in [9.17, 15) is 0 Å². The highest BCUT2D eigenvalue weighted by Crippen LogP contribution is 2.62. The van der Waals surface area contributed by atoms with Crippen molar-refractivity contribution in [2.45, 2.75) is 38.5 Å². The van der Waals surface area contributed by atoms with Gasteiger partial charge in [0.15, 0.2) is 0 Å². The van der Waals surface area contributed by atoms with E-state index in [2.05, 4.69) is 170 Å². The number of benzene rings is 6. The van der Waals surface area contributed by atoms with E-state index < -0.39 is 0 Å². The Bertz CT molecular complexity index is 2100. The summed E-state index contributed by atoms with van der Waals surface area (Å²) < 4.78 is 0. The van der Waals surface area contributed by atoms with Gasteiger partial charge in [0.2, 0.25) is 0 Å². The number of anilines is 3. The largest absolute Gasteiger partial charge is 0.309 e. The van der Waals surface area contributed by atoms with Crippen LogP contribution in [0.4, 0.5) is 17.1 Å². The highest BCUT2D eigenvalue weighted by Gasteiger charge is 2.52. The fraction of sp³-hybridized carbons (Fsp3) is 0.191. The van der Waals surface area contributed by atoms with Crippen LogP contribution in [0.5, 0.6) is 0 Å². The van der Waals surface area contributed by atoms with Crippen molar-refractivity contribution in [2.75, 3.05) is 4.90 Å². The standard InChI is InChI=1S/C47H40ClN/c1-31-25-37-27-38(26-31)47(30-32(37)2)43-16-10-9-15-41(43)42-28-45(48)46(29-44(42)47)49(39-21-17-35(18-22-39)33-11-5-3-6-12-33)40-23-19-36(20-24-40)34-13-7-4-8-14-34/h3-24,28-31,37-38H,25-27H2,1-2H3. The number of hydrogen-bond acceptors (Lipinski definition) is 1. The third-order valence-corrected chi connectivity index (χ3v) is 11.9. The Morgan fingerprint density at radius 3 is 1.73 bits per heavy atom. The Balaban J connectivity index is 1.23. The minimum atomic E-state index is -0.152. The molecule has 0 aliphatic heterocycles. The van der Waals surface area contributed by atoms with Crippen molar-refractivity contribution in [1.82, 2.24) is 0 Å². The van der Waals surface area contributed by atoms with Gasteiger partial charge in [-0.2, -0.15) is 0 Å². The fourth-order valence-corrected chi connectivity index (χ4v) is 9.60. The molecule has 4 atom stereocenters. The first kappa shape index (κ1) is 30.2. The van der Waals surface area contributed by atoms with Crippen LogP contribution in [-0.2, 0) is 5.41 Å². The fourth-order valence-electron chi connectivity index (χ4n) is 9.35. The summed E-state index contributed by atoms with van der Waals surface area (Å²) in [6, 6.07) is 52.8. The third kappa shape index (κ3) is 4.98. The van der Waals surface area contributed by atoms with Gasteiger partial charge in [0.1, 0.15) is 0 Å². The van der Waals surface area contributed by atoms with Gasteiger partial charge in [-0.3, -0.25) is 0 Å². The van der Waals surface area contributed by atoms with E-state index in [-0.39, 0.29) is 5.41 Å². The molecule has 1 fully saturated rings. The lowest BCUT2D eigenvalue weighted by Gasteiger charge is -2.49. The van der Waals surface area contributed by atoms with Crippen molar-refractivity contribution in [2.24, 2.45) is 17.8 Å². The zero-order valence-corrected chi connectivity index (χ0v) is 28.9. The molecular weight excluding hydrogens is 614 g/mol. The molecule has 0 heterocycles. The predicted molar refractivity (Wildman–Crippen MR) is 207 cm³/mol. The summed E-state index contributed by atoms with van der Waals surface area (Å²) in [7, 11) is 0. The van der Waals surface area contributed by atoms with E-state index >= 15 is 0 Å². The molecule has 0 N–H and O–H groups in total. The molecule has 4 unspecified atom stereocenters. The topological polar surface area (TPSA) is 3.24 Å². The summed E-state index contributed by atoms with van der Waals surface area (Å²) in [6.45, 7) is 4.84. The highest BCUT2D eigenvalue weighted by molar-refractivity contribution is 6.34. The van der Waals surface area contributed by atoms with Crippen LogP contribution in [0.2, 0.25) is 5.02 Å². The van der Waals surface area contributed by atoms with E-state index in [1.54, 1.807) is 5.57 Å². The molecule has 6 aromatic rings. The normalized spacial score (nSPS) is 21.9. The molecule has 3 aliphatic rings. The van der Waals surface area contributed by atoms with E-state index in [1.807, 2.05) is 0 Å². The quantitative estimate of drug-likeness (QED) is 0.167. The van der Waals surface area contributed by atoms with Gasteiger partial charge in [0, 0.05) is 16.8 Å². The molecule has 49 heavy (non-hydrogen) atoms. The van der Waals surface area contributed by atoms with Gasteiger partial charge in [-0.1, -0.05) is 139 Å². The lowest BCUT2D eigenvalue weighted by Crippen LogP contribution is -2.42. The Kier molecular flexibility index (Phi) is 7.36. The average Bonchev–Trinajstić information content (AvgIpc) is 3.41. The molecule has 1 spiro atoms. The zero-order chi connectivity index (χ0) is 33.1. The number of allylic oxidation sites excluding steroid dienone is 2. The molecular formula is C47H40ClN. The van der Waals surface area contributed by atoms with Crippen LogP contribution in [0.1, 0.15) is 44.2 Å². The van der Waals surface area contributed by atoms with E-state index in [0.717, 1.165) is 28.0 Å². The van der Waals surface area contributed by atoms with Gasteiger partial charge < -0.3 is 4.90 Å². The minimum absolute atomic E-state index is 0.152. The Labute approximate surface area is 295 Å². The molecule has 0 amide bonds. The van der Waals surface area contributed by atoms with E-state index in [1.165, 1.54) is 63.8 Å². The lowest BCUT2D eigenvalue weighted by molar-refractivity contribution is 0.168. The van der Waals surface area contributed by atoms with Gasteiger partial charge in [0.05, 0.1) is 10.7 Å².